The minimum Gasteiger partial charge on any atom is -0.497 e. The van der Waals surface area contributed by atoms with Gasteiger partial charge in [0.1, 0.15) is 5.75 Å². The highest BCUT2D eigenvalue weighted by atomic mass is 28.4. The van der Waals surface area contributed by atoms with E-state index in [2.05, 4.69) is 87.9 Å². The van der Waals surface area contributed by atoms with Crippen LogP contribution in [0.15, 0.2) is 36.4 Å². The Labute approximate surface area is 238 Å². The third kappa shape index (κ3) is 9.92. The molecular weight excluding hydrogens is 505 g/mol. The van der Waals surface area contributed by atoms with Crippen LogP contribution < -0.4 is 4.74 Å². The number of hydrogen-bond acceptors (Lipinski definition) is 4. The molecule has 0 radical (unpaired) electrons. The molecule has 0 saturated carbocycles. The minimum absolute atomic E-state index is 0.148. The Balaban J connectivity index is 2.86. The zero-order valence-electron chi connectivity index (χ0n) is 26.7. The standard InChI is InChI=1S/C32H60O4Si2/c1-13-37(14-2,15-3)36-32(20-21-34-24-30-16-18-31(33-12)19-17-30)22-28(10)29(11)23-35-38(25(4)5,26(6)7)27(8)9/h16-19,25-27,29,32H,10,13-15,20-24H2,1-9,11-12H3/t29-,32-/m1/s1. The van der Waals surface area contributed by atoms with Crippen molar-refractivity contribution in [2.24, 2.45) is 5.92 Å². The lowest BCUT2D eigenvalue weighted by molar-refractivity contribution is 0.0773. The monoisotopic (exact) mass is 564 g/mol. The van der Waals surface area contributed by atoms with Gasteiger partial charge in [0.25, 0.3) is 0 Å². The molecule has 0 N–H and O–H groups in total. The van der Waals surface area contributed by atoms with Gasteiger partial charge in [0.2, 0.25) is 0 Å². The molecule has 0 heterocycles. The summed E-state index contributed by atoms with van der Waals surface area (Å²) >= 11 is 0. The zero-order chi connectivity index (χ0) is 28.9. The van der Waals surface area contributed by atoms with Gasteiger partial charge in [0, 0.05) is 13.2 Å². The Morgan fingerprint density at radius 1 is 0.842 bits per heavy atom. The van der Waals surface area contributed by atoms with E-state index < -0.39 is 16.6 Å². The molecule has 1 aromatic rings. The van der Waals surface area contributed by atoms with Gasteiger partial charge in [-0.25, -0.2) is 0 Å². The number of ether oxygens (including phenoxy) is 2. The molecule has 38 heavy (non-hydrogen) atoms. The van der Waals surface area contributed by atoms with E-state index in [-0.39, 0.29) is 6.10 Å². The predicted octanol–water partition coefficient (Wildman–Crippen LogP) is 9.77. The summed E-state index contributed by atoms with van der Waals surface area (Å²) in [6, 6.07) is 11.6. The van der Waals surface area contributed by atoms with E-state index >= 15 is 0 Å². The van der Waals surface area contributed by atoms with Gasteiger partial charge in [0.15, 0.2) is 16.6 Å². The third-order valence-electron chi connectivity index (χ3n) is 8.84. The SMILES string of the molecule is C=C(C[C@@H](CCOCc1ccc(OC)cc1)O[Si](CC)(CC)CC)[C@H](C)CO[Si](C(C)C)(C(C)C)C(C)C. The van der Waals surface area contributed by atoms with Gasteiger partial charge in [-0.1, -0.05) is 93.5 Å². The maximum absolute atomic E-state index is 7.00. The van der Waals surface area contributed by atoms with Crippen LogP contribution in [0.3, 0.4) is 0 Å². The summed E-state index contributed by atoms with van der Waals surface area (Å²) in [4.78, 5) is 0. The van der Waals surface area contributed by atoms with Gasteiger partial charge in [0.05, 0.1) is 19.8 Å². The molecule has 0 amide bonds. The van der Waals surface area contributed by atoms with Gasteiger partial charge in [-0.2, -0.15) is 0 Å². The van der Waals surface area contributed by atoms with E-state index in [0.29, 0.717) is 35.8 Å². The molecule has 6 heteroatoms. The van der Waals surface area contributed by atoms with Crippen molar-refractivity contribution in [2.45, 2.75) is 130 Å². The summed E-state index contributed by atoms with van der Waals surface area (Å²) in [5, 5.41) is 0. The molecule has 220 valence electrons. The number of hydrogen-bond donors (Lipinski definition) is 0. The first-order chi connectivity index (χ1) is 17.9. The summed E-state index contributed by atoms with van der Waals surface area (Å²) in [6.45, 7) is 29.9. The lowest BCUT2D eigenvalue weighted by atomic mass is 9.97. The molecule has 0 bridgehead atoms. The van der Waals surface area contributed by atoms with Crippen LogP contribution in [-0.4, -0.2) is 43.1 Å². The second-order valence-corrected chi connectivity index (χ2v) is 22.2. The zero-order valence-corrected chi connectivity index (χ0v) is 28.7. The lowest BCUT2D eigenvalue weighted by Crippen LogP contribution is -2.48. The Kier molecular flexibility index (Phi) is 15.7. The van der Waals surface area contributed by atoms with E-state index in [9.17, 15) is 0 Å². The molecule has 0 unspecified atom stereocenters. The van der Waals surface area contributed by atoms with Crippen molar-refractivity contribution >= 4 is 16.6 Å². The van der Waals surface area contributed by atoms with Gasteiger partial charge in [-0.15, -0.1) is 0 Å². The Morgan fingerprint density at radius 2 is 1.37 bits per heavy atom. The first kappa shape index (κ1) is 35.1. The highest BCUT2D eigenvalue weighted by molar-refractivity contribution is 6.77. The molecule has 0 aliphatic carbocycles. The molecule has 0 spiro atoms. The number of rotatable bonds is 20. The average Bonchev–Trinajstić information content (AvgIpc) is 2.89. The van der Waals surface area contributed by atoms with Crippen LogP contribution in [0.2, 0.25) is 34.8 Å². The van der Waals surface area contributed by atoms with E-state index in [1.165, 1.54) is 5.57 Å². The third-order valence-corrected chi connectivity index (χ3v) is 19.6. The highest BCUT2D eigenvalue weighted by Crippen LogP contribution is 2.42. The summed E-state index contributed by atoms with van der Waals surface area (Å²) < 4.78 is 25.3. The van der Waals surface area contributed by atoms with Crippen LogP contribution in [0, 0.1) is 5.92 Å². The van der Waals surface area contributed by atoms with Crippen molar-refractivity contribution in [3.05, 3.63) is 42.0 Å². The Morgan fingerprint density at radius 3 is 1.82 bits per heavy atom. The van der Waals surface area contributed by atoms with Crippen LogP contribution in [0.4, 0.5) is 0 Å². The van der Waals surface area contributed by atoms with E-state index in [4.69, 9.17) is 18.3 Å². The first-order valence-electron chi connectivity index (χ1n) is 15.1. The molecule has 4 nitrogen and oxygen atoms in total. The van der Waals surface area contributed by atoms with E-state index in [0.717, 1.165) is 48.9 Å². The largest absolute Gasteiger partial charge is 0.497 e. The second kappa shape index (κ2) is 17.0. The number of benzene rings is 1. The Bertz CT molecular complexity index is 757. The second-order valence-electron chi connectivity index (χ2n) is 12.1. The number of methoxy groups -OCH3 is 1. The van der Waals surface area contributed by atoms with Crippen molar-refractivity contribution in [1.29, 1.82) is 0 Å². The fraction of sp³-hybridized carbons (Fsp3) is 0.750. The van der Waals surface area contributed by atoms with Crippen LogP contribution >= 0.6 is 0 Å². The fourth-order valence-electron chi connectivity index (χ4n) is 6.06. The summed E-state index contributed by atoms with van der Waals surface area (Å²) in [5.74, 6) is 1.18. The predicted molar refractivity (Wildman–Crippen MR) is 169 cm³/mol. The van der Waals surface area contributed by atoms with Crippen molar-refractivity contribution in [2.75, 3.05) is 20.3 Å². The molecule has 1 aromatic carbocycles. The summed E-state index contributed by atoms with van der Waals surface area (Å²) in [5.41, 5.74) is 4.17. The van der Waals surface area contributed by atoms with Crippen LogP contribution in [-0.2, 0) is 20.2 Å². The van der Waals surface area contributed by atoms with Crippen LogP contribution in [0.25, 0.3) is 0 Å². The van der Waals surface area contributed by atoms with Gasteiger partial charge < -0.3 is 18.3 Å². The van der Waals surface area contributed by atoms with Crippen molar-refractivity contribution in [3.8, 4) is 5.75 Å². The molecule has 0 aliphatic heterocycles. The van der Waals surface area contributed by atoms with Crippen molar-refractivity contribution < 1.29 is 18.3 Å². The quantitative estimate of drug-likeness (QED) is 0.0897. The van der Waals surface area contributed by atoms with Gasteiger partial charge in [-0.3, -0.25) is 0 Å². The first-order valence-corrected chi connectivity index (χ1v) is 19.8. The Hall–Kier alpha value is -0.926. The van der Waals surface area contributed by atoms with E-state index in [1.807, 2.05) is 12.1 Å². The molecule has 1 rings (SSSR count). The molecule has 0 fully saturated rings. The average molecular weight is 565 g/mol. The molecule has 0 saturated heterocycles. The topological polar surface area (TPSA) is 36.9 Å². The van der Waals surface area contributed by atoms with Crippen LogP contribution in [0.1, 0.15) is 87.6 Å². The van der Waals surface area contributed by atoms with Crippen LogP contribution in [0.5, 0.6) is 5.75 Å². The molecular formula is C32H60O4Si2. The van der Waals surface area contributed by atoms with Crippen molar-refractivity contribution in [3.63, 3.8) is 0 Å². The lowest BCUT2D eigenvalue weighted by Gasteiger charge is -2.43. The maximum atomic E-state index is 7.00. The highest BCUT2D eigenvalue weighted by Gasteiger charge is 2.45. The summed E-state index contributed by atoms with van der Waals surface area (Å²) in [6.07, 6.45) is 1.92. The molecule has 0 aliphatic rings. The minimum atomic E-state index is -1.89. The fourth-order valence-corrected chi connectivity index (χ4v) is 14.5. The van der Waals surface area contributed by atoms with Gasteiger partial charge >= 0.3 is 0 Å². The molecule has 0 aromatic heterocycles. The summed E-state index contributed by atoms with van der Waals surface area (Å²) in [7, 11) is -1.94. The van der Waals surface area contributed by atoms with E-state index in [1.54, 1.807) is 7.11 Å². The smallest absolute Gasteiger partial charge is 0.200 e. The maximum Gasteiger partial charge on any atom is 0.200 e. The van der Waals surface area contributed by atoms with Crippen molar-refractivity contribution in [1.82, 2.24) is 0 Å². The normalized spacial score (nSPS) is 14.4. The van der Waals surface area contributed by atoms with Gasteiger partial charge in [-0.05, 0) is 71.2 Å². The molecule has 2 atom stereocenters.